The number of carbonyl (C=O) groups excluding carboxylic acids is 3. The third-order valence-electron chi connectivity index (χ3n) is 3.07. The summed E-state index contributed by atoms with van der Waals surface area (Å²) in [7, 11) is 1.50. The highest BCUT2D eigenvalue weighted by Crippen LogP contribution is 2.33. The van der Waals surface area contributed by atoms with Crippen molar-refractivity contribution in [2.75, 3.05) is 26.8 Å². The number of hydrogen-bond donors (Lipinski definition) is 2. The van der Waals surface area contributed by atoms with E-state index < -0.39 is 17.1 Å². The van der Waals surface area contributed by atoms with Gasteiger partial charge in [0, 0.05) is 13.7 Å². The Labute approximate surface area is 147 Å². The molecule has 0 atom stereocenters. The molecule has 0 aliphatic carbocycles. The molecular formula is C15H15ClN2O5S. The van der Waals surface area contributed by atoms with Gasteiger partial charge in [-0.05, 0) is 35.5 Å². The van der Waals surface area contributed by atoms with Crippen molar-refractivity contribution in [1.29, 1.82) is 0 Å². The van der Waals surface area contributed by atoms with Gasteiger partial charge >= 0.3 is 0 Å². The van der Waals surface area contributed by atoms with Gasteiger partial charge in [0.1, 0.15) is 12.3 Å². The van der Waals surface area contributed by atoms with Crippen molar-refractivity contribution in [3.63, 3.8) is 0 Å². The number of carbonyl (C=O) groups is 3. The number of amides is 3. The molecule has 1 aliphatic heterocycles. The van der Waals surface area contributed by atoms with Crippen LogP contribution in [0.25, 0.3) is 6.08 Å². The van der Waals surface area contributed by atoms with Gasteiger partial charge in [0.2, 0.25) is 5.91 Å². The first-order valence-electron chi connectivity index (χ1n) is 6.92. The van der Waals surface area contributed by atoms with E-state index in [1.807, 2.05) is 0 Å². The highest BCUT2D eigenvalue weighted by Gasteiger charge is 2.36. The Kier molecular flexibility index (Phi) is 6.24. The third-order valence-corrected chi connectivity index (χ3v) is 4.28. The lowest BCUT2D eigenvalue weighted by atomic mass is 10.2. The Morgan fingerprint density at radius 2 is 2.21 bits per heavy atom. The molecule has 0 bridgehead atoms. The molecule has 1 heterocycles. The van der Waals surface area contributed by atoms with Gasteiger partial charge in [0.25, 0.3) is 11.1 Å². The van der Waals surface area contributed by atoms with E-state index in [0.29, 0.717) is 18.7 Å². The lowest BCUT2D eigenvalue weighted by molar-refractivity contribution is -0.129. The van der Waals surface area contributed by atoms with Gasteiger partial charge in [-0.1, -0.05) is 17.7 Å². The fourth-order valence-electron chi connectivity index (χ4n) is 1.89. The van der Waals surface area contributed by atoms with E-state index in [2.05, 4.69) is 5.32 Å². The van der Waals surface area contributed by atoms with Crippen molar-refractivity contribution in [2.24, 2.45) is 0 Å². The van der Waals surface area contributed by atoms with E-state index in [1.54, 1.807) is 6.07 Å². The van der Waals surface area contributed by atoms with Gasteiger partial charge in [-0.25, -0.2) is 0 Å². The van der Waals surface area contributed by atoms with Gasteiger partial charge in [0.05, 0.1) is 16.5 Å². The van der Waals surface area contributed by atoms with E-state index in [1.165, 1.54) is 25.3 Å². The number of phenols is 1. The fourth-order valence-corrected chi connectivity index (χ4v) is 2.92. The molecule has 0 saturated carbocycles. The molecule has 1 aromatic carbocycles. The van der Waals surface area contributed by atoms with Crippen LogP contribution in [0.3, 0.4) is 0 Å². The fraction of sp³-hybridized carbons (Fsp3) is 0.267. The summed E-state index contributed by atoms with van der Waals surface area (Å²) in [6, 6.07) is 4.43. The van der Waals surface area contributed by atoms with Crippen LogP contribution in [0.1, 0.15) is 5.56 Å². The molecular weight excluding hydrogens is 356 g/mol. The average Bonchev–Trinajstić information content (AvgIpc) is 2.79. The predicted molar refractivity (Wildman–Crippen MR) is 90.7 cm³/mol. The van der Waals surface area contributed by atoms with Crippen LogP contribution < -0.4 is 5.32 Å². The van der Waals surface area contributed by atoms with Crippen molar-refractivity contribution in [3.8, 4) is 5.75 Å². The number of hydrogen-bond acceptors (Lipinski definition) is 6. The Hall–Kier alpha value is -2.03. The summed E-state index contributed by atoms with van der Waals surface area (Å²) in [6.45, 7) is 0.296. The largest absolute Gasteiger partial charge is 0.506 e. The molecule has 7 nitrogen and oxygen atoms in total. The summed E-state index contributed by atoms with van der Waals surface area (Å²) < 4.78 is 4.80. The Bertz CT molecular complexity index is 707. The molecule has 1 saturated heterocycles. The minimum absolute atomic E-state index is 0.0744. The molecule has 2 N–H and O–H groups in total. The van der Waals surface area contributed by atoms with Gasteiger partial charge < -0.3 is 15.2 Å². The number of thioether (sulfide) groups is 1. The Balaban J connectivity index is 2.06. The quantitative estimate of drug-likeness (QED) is 0.586. The Morgan fingerprint density at radius 3 is 2.88 bits per heavy atom. The van der Waals surface area contributed by atoms with Crippen LogP contribution in [0.4, 0.5) is 4.79 Å². The van der Waals surface area contributed by atoms with E-state index in [0.717, 1.165) is 16.7 Å². The number of phenolic OH excluding ortho intramolecular Hbond substituents is 1. The summed E-state index contributed by atoms with van der Waals surface area (Å²) in [5, 5.41) is 11.6. The minimum Gasteiger partial charge on any atom is -0.506 e. The first kappa shape index (κ1) is 18.3. The van der Waals surface area contributed by atoms with Crippen molar-refractivity contribution in [2.45, 2.75) is 0 Å². The Morgan fingerprint density at radius 1 is 1.46 bits per heavy atom. The molecule has 0 spiro atoms. The van der Waals surface area contributed by atoms with Crippen LogP contribution in [0.5, 0.6) is 5.75 Å². The van der Waals surface area contributed by atoms with E-state index in [9.17, 15) is 19.5 Å². The summed E-state index contributed by atoms with van der Waals surface area (Å²) in [4.78, 5) is 37.0. The minimum atomic E-state index is -0.545. The highest BCUT2D eigenvalue weighted by molar-refractivity contribution is 8.18. The smallest absolute Gasteiger partial charge is 0.294 e. The lowest BCUT2D eigenvalue weighted by Gasteiger charge is -2.12. The monoisotopic (exact) mass is 370 g/mol. The number of aromatic hydroxyl groups is 1. The summed E-state index contributed by atoms with van der Waals surface area (Å²) >= 11 is 6.56. The average molecular weight is 371 g/mol. The van der Waals surface area contributed by atoms with Crippen LogP contribution in [-0.4, -0.2) is 53.9 Å². The number of rotatable bonds is 6. The first-order chi connectivity index (χ1) is 11.4. The summed E-state index contributed by atoms with van der Waals surface area (Å²) in [5.41, 5.74) is 0.563. The molecule has 2 rings (SSSR count). The molecule has 0 radical (unpaired) electrons. The number of methoxy groups -OCH3 is 1. The zero-order valence-corrected chi connectivity index (χ0v) is 14.3. The maximum absolute atomic E-state index is 12.3. The standard InChI is InChI=1S/C15H15ClN2O5S/c1-23-5-4-17-13(20)8-18-14(21)12(24-15(18)22)7-9-2-3-11(19)10(16)6-9/h2-3,6-7,19H,4-5,8H2,1H3,(H,17,20)/b12-7-. The van der Waals surface area contributed by atoms with Crippen molar-refractivity contribution in [1.82, 2.24) is 10.2 Å². The maximum atomic E-state index is 12.3. The number of imide groups is 1. The van der Waals surface area contributed by atoms with Crippen molar-refractivity contribution in [3.05, 3.63) is 33.7 Å². The van der Waals surface area contributed by atoms with Gasteiger partial charge in [-0.3, -0.25) is 19.3 Å². The van der Waals surface area contributed by atoms with Crippen LogP contribution in [-0.2, 0) is 14.3 Å². The second kappa shape index (κ2) is 8.18. The van der Waals surface area contributed by atoms with Crippen LogP contribution in [0.2, 0.25) is 5.02 Å². The zero-order chi connectivity index (χ0) is 17.7. The number of nitrogens with one attached hydrogen (secondary N) is 1. The lowest BCUT2D eigenvalue weighted by Crippen LogP contribution is -2.40. The molecule has 0 unspecified atom stereocenters. The number of halogens is 1. The molecule has 9 heteroatoms. The third kappa shape index (κ3) is 4.50. The van der Waals surface area contributed by atoms with Gasteiger partial charge in [-0.2, -0.15) is 0 Å². The van der Waals surface area contributed by atoms with Crippen LogP contribution >= 0.6 is 23.4 Å². The summed E-state index contributed by atoms with van der Waals surface area (Å²) in [6.07, 6.45) is 1.49. The number of benzene rings is 1. The molecule has 1 fully saturated rings. The van der Waals surface area contributed by atoms with Crippen molar-refractivity contribution < 1.29 is 24.2 Å². The second-order valence-electron chi connectivity index (χ2n) is 4.82. The number of ether oxygens (including phenoxy) is 1. The van der Waals surface area contributed by atoms with E-state index in [-0.39, 0.29) is 22.2 Å². The molecule has 3 amide bonds. The SMILES string of the molecule is COCCNC(=O)CN1C(=O)S/C(=C\c2ccc(O)c(Cl)c2)C1=O. The summed E-state index contributed by atoms with van der Waals surface area (Å²) in [5.74, 6) is -1.06. The van der Waals surface area contributed by atoms with Gasteiger partial charge in [-0.15, -0.1) is 0 Å². The molecule has 1 aliphatic rings. The molecule has 24 heavy (non-hydrogen) atoms. The zero-order valence-electron chi connectivity index (χ0n) is 12.7. The first-order valence-corrected chi connectivity index (χ1v) is 8.11. The topological polar surface area (TPSA) is 95.9 Å². The second-order valence-corrected chi connectivity index (χ2v) is 6.22. The van der Waals surface area contributed by atoms with Crippen LogP contribution in [0.15, 0.2) is 23.1 Å². The molecule has 1 aromatic rings. The van der Waals surface area contributed by atoms with E-state index >= 15 is 0 Å². The maximum Gasteiger partial charge on any atom is 0.294 e. The predicted octanol–water partition coefficient (Wildman–Crippen LogP) is 1.84. The van der Waals surface area contributed by atoms with Crippen LogP contribution in [0, 0.1) is 0 Å². The van der Waals surface area contributed by atoms with Gasteiger partial charge in [0.15, 0.2) is 0 Å². The van der Waals surface area contributed by atoms with Crippen molar-refractivity contribution >= 4 is 46.5 Å². The normalized spacial score (nSPS) is 16.1. The number of nitrogens with zero attached hydrogens (tertiary/aromatic N) is 1. The highest BCUT2D eigenvalue weighted by atomic mass is 35.5. The molecule has 0 aromatic heterocycles. The molecule has 128 valence electrons. The van der Waals surface area contributed by atoms with E-state index in [4.69, 9.17) is 16.3 Å².